The summed E-state index contributed by atoms with van der Waals surface area (Å²) in [6.07, 6.45) is 0. The number of aromatic nitrogens is 1. The Bertz CT molecular complexity index is 578. The minimum Gasteiger partial charge on any atom is -0.409 e. The molecule has 0 aliphatic carbocycles. The van der Waals surface area contributed by atoms with E-state index < -0.39 is 0 Å². The summed E-state index contributed by atoms with van der Waals surface area (Å²) in [5.74, 6) is 0.892. The van der Waals surface area contributed by atoms with Gasteiger partial charge >= 0.3 is 0 Å². The summed E-state index contributed by atoms with van der Waals surface area (Å²) < 4.78 is 4.98. The van der Waals surface area contributed by atoms with Gasteiger partial charge in [-0.2, -0.15) is 0 Å². The van der Waals surface area contributed by atoms with Crippen molar-refractivity contribution in [3.63, 3.8) is 0 Å². The molecular weight excluding hydrogens is 244 g/mol. The van der Waals surface area contributed by atoms with Crippen molar-refractivity contribution in [2.45, 2.75) is 20.0 Å². The van der Waals surface area contributed by atoms with Gasteiger partial charge in [0.1, 0.15) is 5.76 Å². The number of nitrogens with two attached hydrogens (primary N) is 1. The van der Waals surface area contributed by atoms with Crippen LogP contribution in [0, 0.1) is 6.92 Å². The summed E-state index contributed by atoms with van der Waals surface area (Å²) in [6, 6.07) is 9.37. The summed E-state index contributed by atoms with van der Waals surface area (Å²) >= 11 is 0. The molecule has 19 heavy (non-hydrogen) atoms. The maximum Gasteiger partial charge on any atom is 0.170 e. The molecule has 4 N–H and O–H groups in total. The van der Waals surface area contributed by atoms with Gasteiger partial charge in [0.15, 0.2) is 5.84 Å². The number of amidine groups is 1. The summed E-state index contributed by atoms with van der Waals surface area (Å²) in [6.45, 7) is 3.05. The van der Waals surface area contributed by atoms with E-state index in [4.69, 9.17) is 15.5 Å². The highest BCUT2D eigenvalue weighted by atomic mass is 16.5. The van der Waals surface area contributed by atoms with Gasteiger partial charge in [-0.05, 0) is 12.5 Å². The summed E-state index contributed by atoms with van der Waals surface area (Å²) in [5.41, 5.74) is 8.15. The highest BCUT2D eigenvalue weighted by Gasteiger charge is 2.06. The molecule has 0 aliphatic rings. The molecule has 0 fully saturated rings. The Morgan fingerprint density at radius 3 is 2.89 bits per heavy atom. The zero-order valence-corrected chi connectivity index (χ0v) is 10.6. The van der Waals surface area contributed by atoms with Crippen LogP contribution in [0.3, 0.4) is 0 Å². The van der Waals surface area contributed by atoms with Crippen LogP contribution in [0.2, 0.25) is 0 Å². The van der Waals surface area contributed by atoms with Gasteiger partial charge in [-0.3, -0.25) is 0 Å². The molecule has 1 heterocycles. The second kappa shape index (κ2) is 6.01. The molecule has 6 heteroatoms. The lowest BCUT2D eigenvalue weighted by molar-refractivity contribution is 0.318. The third kappa shape index (κ3) is 3.32. The highest BCUT2D eigenvalue weighted by molar-refractivity contribution is 5.98. The lowest BCUT2D eigenvalue weighted by atomic mass is 10.1. The topological polar surface area (TPSA) is 96.7 Å². The molecule has 1 aromatic heterocycles. The zero-order chi connectivity index (χ0) is 13.7. The molecule has 0 unspecified atom stereocenters. The van der Waals surface area contributed by atoms with Gasteiger partial charge in [-0.1, -0.05) is 34.6 Å². The minimum atomic E-state index is 0.106. The van der Waals surface area contributed by atoms with Crippen LogP contribution in [0.5, 0.6) is 0 Å². The predicted molar refractivity (Wildman–Crippen MR) is 70.7 cm³/mol. The molecule has 2 rings (SSSR count). The molecule has 0 bridgehead atoms. The maximum absolute atomic E-state index is 8.74. The van der Waals surface area contributed by atoms with Crippen LogP contribution in [-0.2, 0) is 13.1 Å². The van der Waals surface area contributed by atoms with E-state index in [1.807, 2.05) is 37.3 Å². The molecular formula is C13H16N4O2. The third-order valence-electron chi connectivity index (χ3n) is 2.70. The molecule has 1 aromatic carbocycles. The average molecular weight is 260 g/mol. The first kappa shape index (κ1) is 13.1. The predicted octanol–water partition coefficient (Wildman–Crippen LogP) is 1.37. The Morgan fingerprint density at radius 1 is 1.42 bits per heavy atom. The Kier molecular flexibility index (Phi) is 4.15. The number of oxime groups is 1. The van der Waals surface area contributed by atoms with Crippen molar-refractivity contribution >= 4 is 5.84 Å². The largest absolute Gasteiger partial charge is 0.409 e. The van der Waals surface area contributed by atoms with Crippen molar-refractivity contribution in [3.8, 4) is 0 Å². The number of nitrogens with one attached hydrogen (secondary N) is 1. The molecule has 0 saturated carbocycles. The number of hydrogen-bond donors (Lipinski definition) is 3. The number of rotatable bonds is 5. The van der Waals surface area contributed by atoms with Crippen molar-refractivity contribution in [1.82, 2.24) is 10.5 Å². The van der Waals surface area contributed by atoms with Gasteiger partial charge in [-0.15, -0.1) is 0 Å². The fraction of sp³-hybridized carbons (Fsp3) is 0.231. The van der Waals surface area contributed by atoms with Crippen molar-refractivity contribution in [1.29, 1.82) is 0 Å². The van der Waals surface area contributed by atoms with Crippen LogP contribution in [0.4, 0.5) is 0 Å². The van der Waals surface area contributed by atoms with Gasteiger partial charge in [-0.25, -0.2) is 0 Å². The van der Waals surface area contributed by atoms with E-state index in [-0.39, 0.29) is 5.84 Å². The molecule has 0 spiro atoms. The smallest absolute Gasteiger partial charge is 0.170 e. The molecule has 0 atom stereocenters. The lowest BCUT2D eigenvalue weighted by Gasteiger charge is -2.08. The first-order valence-electron chi connectivity index (χ1n) is 5.89. The highest BCUT2D eigenvalue weighted by Crippen LogP contribution is 2.09. The molecule has 0 saturated heterocycles. The zero-order valence-electron chi connectivity index (χ0n) is 10.6. The minimum absolute atomic E-state index is 0.106. The van der Waals surface area contributed by atoms with Crippen molar-refractivity contribution < 1.29 is 9.73 Å². The average Bonchev–Trinajstić information content (AvgIpc) is 2.84. The lowest BCUT2D eigenvalue weighted by Crippen LogP contribution is -2.19. The van der Waals surface area contributed by atoms with Crippen LogP contribution < -0.4 is 11.1 Å². The van der Waals surface area contributed by atoms with Crippen LogP contribution in [-0.4, -0.2) is 16.2 Å². The second-order valence-electron chi connectivity index (χ2n) is 4.17. The van der Waals surface area contributed by atoms with Gasteiger partial charge in [0.25, 0.3) is 0 Å². The van der Waals surface area contributed by atoms with E-state index in [2.05, 4.69) is 15.6 Å². The second-order valence-corrected chi connectivity index (χ2v) is 4.17. The molecule has 100 valence electrons. The van der Waals surface area contributed by atoms with Crippen LogP contribution >= 0.6 is 0 Å². The fourth-order valence-electron chi connectivity index (χ4n) is 1.80. The standard InChI is InChI=1S/C13H16N4O2/c1-9-6-11(17-19-9)8-15-7-10-4-2-3-5-12(10)13(14)16-18/h2-6,15,18H,7-8H2,1H3,(H2,14,16). The normalized spacial score (nSPS) is 11.7. The Balaban J connectivity index is 2.00. The van der Waals surface area contributed by atoms with Gasteiger partial charge in [0, 0.05) is 24.7 Å². The number of aryl methyl sites for hydroxylation is 1. The first-order chi connectivity index (χ1) is 9.20. The number of benzene rings is 1. The van der Waals surface area contributed by atoms with Crippen molar-refractivity contribution in [3.05, 3.63) is 52.9 Å². The molecule has 0 radical (unpaired) electrons. The summed E-state index contributed by atoms with van der Waals surface area (Å²) in [5, 5.41) is 18.9. The Hall–Kier alpha value is -2.34. The van der Waals surface area contributed by atoms with Gasteiger partial charge in [0.2, 0.25) is 0 Å². The van der Waals surface area contributed by atoms with Gasteiger partial charge < -0.3 is 20.8 Å². The van der Waals surface area contributed by atoms with Crippen molar-refractivity contribution in [2.75, 3.05) is 0 Å². The van der Waals surface area contributed by atoms with Crippen LogP contribution in [0.25, 0.3) is 0 Å². The van der Waals surface area contributed by atoms with Gasteiger partial charge in [0.05, 0.1) is 5.69 Å². The molecule has 0 aliphatic heterocycles. The molecule has 2 aromatic rings. The molecule has 0 amide bonds. The monoisotopic (exact) mass is 260 g/mol. The fourth-order valence-corrected chi connectivity index (χ4v) is 1.80. The Morgan fingerprint density at radius 2 is 2.21 bits per heavy atom. The SMILES string of the molecule is Cc1cc(CNCc2ccccc2C(N)=NO)no1. The van der Waals surface area contributed by atoms with Crippen LogP contribution in [0.1, 0.15) is 22.6 Å². The van der Waals surface area contributed by atoms with Crippen molar-refractivity contribution in [2.24, 2.45) is 10.9 Å². The van der Waals surface area contributed by atoms with E-state index in [0.29, 0.717) is 18.7 Å². The first-order valence-corrected chi connectivity index (χ1v) is 5.89. The van der Waals surface area contributed by atoms with Crippen LogP contribution in [0.15, 0.2) is 40.0 Å². The number of hydrogen-bond acceptors (Lipinski definition) is 5. The number of nitrogens with zero attached hydrogens (tertiary/aromatic N) is 2. The summed E-state index contributed by atoms with van der Waals surface area (Å²) in [4.78, 5) is 0. The maximum atomic E-state index is 8.74. The Labute approximate surface area is 110 Å². The molecule has 6 nitrogen and oxygen atoms in total. The van der Waals surface area contributed by atoms with E-state index in [1.54, 1.807) is 0 Å². The van der Waals surface area contributed by atoms with E-state index in [1.165, 1.54) is 0 Å². The van der Waals surface area contributed by atoms with E-state index in [9.17, 15) is 0 Å². The van der Waals surface area contributed by atoms with E-state index >= 15 is 0 Å². The quantitative estimate of drug-likeness (QED) is 0.326. The van der Waals surface area contributed by atoms with E-state index in [0.717, 1.165) is 17.0 Å². The third-order valence-corrected chi connectivity index (χ3v) is 2.70. The summed E-state index contributed by atoms with van der Waals surface area (Å²) in [7, 11) is 0.